The highest BCUT2D eigenvalue weighted by molar-refractivity contribution is 5.96. The van der Waals surface area contributed by atoms with E-state index < -0.39 is 29.9 Å². The Labute approximate surface area is 245 Å². The Hall–Kier alpha value is -3.96. The van der Waals surface area contributed by atoms with Crippen LogP contribution in [0, 0.1) is 5.92 Å². The fraction of sp³-hybridized carbons (Fsp3) is 0.484. The van der Waals surface area contributed by atoms with Gasteiger partial charge in [-0.2, -0.15) is 0 Å². The van der Waals surface area contributed by atoms with E-state index in [2.05, 4.69) is 16.0 Å². The van der Waals surface area contributed by atoms with Crippen molar-refractivity contribution in [3.8, 4) is 11.5 Å². The number of aromatic hydroxyl groups is 1. The van der Waals surface area contributed by atoms with Crippen molar-refractivity contribution in [3.63, 3.8) is 0 Å². The molecular weight excluding hydrogens is 540 g/mol. The van der Waals surface area contributed by atoms with Crippen LogP contribution < -0.4 is 20.7 Å². The van der Waals surface area contributed by atoms with E-state index >= 15 is 0 Å². The van der Waals surface area contributed by atoms with Crippen LogP contribution in [0.1, 0.15) is 30.9 Å². The third-order valence-corrected chi connectivity index (χ3v) is 7.49. The predicted octanol–water partition coefficient (Wildman–Crippen LogP) is 0.972. The molecule has 11 heteroatoms. The lowest BCUT2D eigenvalue weighted by atomic mass is 9.98. The normalized spacial score (nSPS) is 17.4. The van der Waals surface area contributed by atoms with E-state index in [1.807, 2.05) is 17.0 Å². The fourth-order valence-corrected chi connectivity index (χ4v) is 4.83. The van der Waals surface area contributed by atoms with Crippen molar-refractivity contribution in [2.75, 3.05) is 40.0 Å². The molecule has 226 valence electrons. The number of rotatable bonds is 14. The first-order valence-corrected chi connectivity index (χ1v) is 14.4. The Bertz CT molecular complexity index is 1220. The number of Topliss-reactive ketones (excluding diaryl/α,β-unsaturated/α-hetero) is 1. The number of amides is 3. The lowest BCUT2D eigenvalue weighted by Gasteiger charge is -2.27. The van der Waals surface area contributed by atoms with Crippen molar-refractivity contribution in [1.82, 2.24) is 20.9 Å². The highest BCUT2D eigenvalue weighted by atomic mass is 16.5. The van der Waals surface area contributed by atoms with E-state index in [1.54, 1.807) is 38.3 Å². The summed E-state index contributed by atoms with van der Waals surface area (Å²) in [6.45, 7) is 4.12. The summed E-state index contributed by atoms with van der Waals surface area (Å²) in [6.07, 6.45) is 2.00. The van der Waals surface area contributed by atoms with Crippen molar-refractivity contribution in [2.45, 2.75) is 50.7 Å². The van der Waals surface area contributed by atoms with E-state index in [9.17, 15) is 24.3 Å². The second-order valence-electron chi connectivity index (χ2n) is 10.9. The topological polar surface area (TPSA) is 146 Å². The number of ketones is 1. The van der Waals surface area contributed by atoms with E-state index in [4.69, 9.17) is 9.47 Å². The van der Waals surface area contributed by atoms with Gasteiger partial charge < -0.3 is 30.5 Å². The predicted molar refractivity (Wildman–Crippen MR) is 155 cm³/mol. The lowest BCUT2D eigenvalue weighted by Crippen LogP contribution is -2.57. The molecule has 1 saturated carbocycles. The van der Waals surface area contributed by atoms with E-state index in [0.717, 1.165) is 24.0 Å². The maximum atomic E-state index is 13.7. The standard InChI is InChI=1S/C31H40N4O7/c1-20(32-28(37)19-35-13-15-42-16-14-35)30(39)34-27(18-22-5-11-25(41-2)12-6-22)31(40)33-26(29(38)23-7-8-23)17-21-3-9-24(36)10-4-21/h3-6,9-12,20,23,26-27,36H,7-8,13-19H2,1-2H3,(H,32,37)(H,33,40)(H,34,39). The van der Waals surface area contributed by atoms with Gasteiger partial charge in [0.25, 0.3) is 0 Å². The first-order chi connectivity index (χ1) is 20.2. The van der Waals surface area contributed by atoms with Crippen LogP contribution in [0.3, 0.4) is 0 Å². The fourth-order valence-electron chi connectivity index (χ4n) is 4.83. The van der Waals surface area contributed by atoms with Gasteiger partial charge in [0, 0.05) is 25.4 Å². The number of benzene rings is 2. The number of morpholine rings is 1. The molecule has 2 aromatic carbocycles. The number of carbonyl (C=O) groups excluding carboxylic acids is 4. The molecule has 1 saturated heterocycles. The smallest absolute Gasteiger partial charge is 0.243 e. The minimum Gasteiger partial charge on any atom is -0.508 e. The van der Waals surface area contributed by atoms with Crippen LogP contribution in [0.15, 0.2) is 48.5 Å². The molecule has 0 bridgehead atoms. The summed E-state index contributed by atoms with van der Waals surface area (Å²) in [5.41, 5.74) is 1.57. The van der Waals surface area contributed by atoms with E-state index in [1.165, 1.54) is 12.1 Å². The SMILES string of the molecule is COc1ccc(CC(NC(=O)C(C)NC(=O)CN2CCOCC2)C(=O)NC(Cc2ccc(O)cc2)C(=O)C2CC2)cc1. The van der Waals surface area contributed by atoms with E-state index in [0.29, 0.717) is 32.1 Å². The third kappa shape index (κ3) is 9.28. The van der Waals surface area contributed by atoms with Crippen LogP contribution in [-0.4, -0.2) is 91.6 Å². The van der Waals surface area contributed by atoms with Gasteiger partial charge in [-0.3, -0.25) is 24.1 Å². The Kier molecular flexibility index (Phi) is 10.9. The van der Waals surface area contributed by atoms with Crippen LogP contribution in [-0.2, 0) is 36.8 Å². The van der Waals surface area contributed by atoms with Crippen LogP contribution in [0.25, 0.3) is 0 Å². The molecule has 1 heterocycles. The Balaban J connectivity index is 1.45. The van der Waals surface area contributed by atoms with Crippen molar-refractivity contribution in [2.24, 2.45) is 5.92 Å². The molecule has 1 aliphatic carbocycles. The second-order valence-corrected chi connectivity index (χ2v) is 10.9. The molecule has 0 radical (unpaired) electrons. The second kappa shape index (κ2) is 14.8. The molecule has 2 aromatic rings. The third-order valence-electron chi connectivity index (χ3n) is 7.49. The lowest BCUT2D eigenvalue weighted by molar-refractivity contribution is -0.133. The molecule has 2 aliphatic rings. The zero-order chi connectivity index (χ0) is 30.1. The number of nitrogens with zero attached hydrogens (tertiary/aromatic N) is 1. The summed E-state index contributed by atoms with van der Waals surface area (Å²) in [7, 11) is 1.56. The Morgan fingerprint density at radius 1 is 0.881 bits per heavy atom. The number of phenols is 1. The van der Waals surface area contributed by atoms with Gasteiger partial charge in [0.05, 0.1) is 32.9 Å². The molecule has 2 fully saturated rings. The number of phenolic OH excluding ortho intramolecular Hbond substituents is 1. The maximum absolute atomic E-state index is 13.7. The summed E-state index contributed by atoms with van der Waals surface area (Å²) >= 11 is 0. The average molecular weight is 581 g/mol. The number of hydrogen-bond donors (Lipinski definition) is 4. The molecule has 3 atom stereocenters. The number of hydrogen-bond acceptors (Lipinski definition) is 8. The zero-order valence-electron chi connectivity index (χ0n) is 24.1. The number of nitrogens with one attached hydrogen (secondary N) is 3. The van der Waals surface area contributed by atoms with Gasteiger partial charge in [-0.1, -0.05) is 24.3 Å². The molecule has 3 unspecified atom stereocenters. The molecule has 4 rings (SSSR count). The Morgan fingerprint density at radius 3 is 2.05 bits per heavy atom. The minimum absolute atomic E-state index is 0.0466. The average Bonchev–Trinajstić information content (AvgIpc) is 3.84. The Morgan fingerprint density at radius 2 is 1.45 bits per heavy atom. The van der Waals surface area contributed by atoms with Crippen LogP contribution in [0.4, 0.5) is 0 Å². The highest BCUT2D eigenvalue weighted by Crippen LogP contribution is 2.31. The highest BCUT2D eigenvalue weighted by Gasteiger charge is 2.37. The summed E-state index contributed by atoms with van der Waals surface area (Å²) < 4.78 is 10.5. The monoisotopic (exact) mass is 580 g/mol. The van der Waals surface area contributed by atoms with Crippen molar-refractivity contribution in [3.05, 3.63) is 59.7 Å². The van der Waals surface area contributed by atoms with Gasteiger partial charge in [-0.15, -0.1) is 0 Å². The van der Waals surface area contributed by atoms with Crippen LogP contribution in [0.5, 0.6) is 11.5 Å². The summed E-state index contributed by atoms with van der Waals surface area (Å²) in [4.78, 5) is 54.5. The molecule has 0 aromatic heterocycles. The molecule has 4 N–H and O–H groups in total. The molecular formula is C31H40N4O7. The zero-order valence-corrected chi connectivity index (χ0v) is 24.1. The maximum Gasteiger partial charge on any atom is 0.243 e. The van der Waals surface area contributed by atoms with Gasteiger partial charge in [-0.25, -0.2) is 0 Å². The van der Waals surface area contributed by atoms with Crippen molar-refractivity contribution < 1.29 is 33.8 Å². The van der Waals surface area contributed by atoms with Gasteiger partial charge in [-0.05, 0) is 61.6 Å². The van der Waals surface area contributed by atoms with Gasteiger partial charge in [0.15, 0.2) is 5.78 Å². The largest absolute Gasteiger partial charge is 0.508 e. The van der Waals surface area contributed by atoms with Crippen LogP contribution in [0.2, 0.25) is 0 Å². The van der Waals surface area contributed by atoms with Crippen molar-refractivity contribution in [1.29, 1.82) is 0 Å². The van der Waals surface area contributed by atoms with Gasteiger partial charge >= 0.3 is 0 Å². The molecule has 0 spiro atoms. The summed E-state index contributed by atoms with van der Waals surface area (Å²) in [5, 5.41) is 18.0. The first-order valence-electron chi connectivity index (χ1n) is 14.4. The number of ether oxygens (including phenoxy) is 2. The molecule has 1 aliphatic heterocycles. The van der Waals surface area contributed by atoms with Crippen LogP contribution >= 0.6 is 0 Å². The summed E-state index contributed by atoms with van der Waals surface area (Å²) in [6, 6.07) is 11.0. The first kappa shape index (κ1) is 31.0. The minimum atomic E-state index is -1.00. The molecule has 42 heavy (non-hydrogen) atoms. The number of methoxy groups -OCH3 is 1. The van der Waals surface area contributed by atoms with Gasteiger partial charge in [0.2, 0.25) is 17.7 Å². The molecule has 3 amide bonds. The van der Waals surface area contributed by atoms with E-state index in [-0.39, 0.29) is 42.7 Å². The quantitative estimate of drug-likeness (QED) is 0.259. The van der Waals surface area contributed by atoms with Gasteiger partial charge in [0.1, 0.15) is 23.6 Å². The van der Waals surface area contributed by atoms with Crippen molar-refractivity contribution >= 4 is 23.5 Å². The number of carbonyl (C=O) groups is 4. The molecule has 11 nitrogen and oxygen atoms in total. The summed E-state index contributed by atoms with van der Waals surface area (Å²) in [5.74, 6) is -0.671.